The quantitative estimate of drug-likeness (QED) is 0.677. The second kappa shape index (κ2) is 5.39. The summed E-state index contributed by atoms with van der Waals surface area (Å²) >= 11 is 0. The normalized spacial score (nSPS) is 13.4. The van der Waals surface area contributed by atoms with Crippen molar-refractivity contribution < 1.29 is 0 Å². The molecule has 1 nitrogen and oxygen atoms in total. The van der Waals surface area contributed by atoms with Gasteiger partial charge >= 0.3 is 0 Å². The Kier molecular flexibility index (Phi) is 3.88. The fraction of sp³-hybridized carbons (Fsp3) is 0.500. The van der Waals surface area contributed by atoms with Crippen molar-refractivity contribution in [2.24, 2.45) is 5.92 Å². The average molecular weight is 229 g/mol. The molecular weight excluding hydrogens is 206 g/mol. The van der Waals surface area contributed by atoms with E-state index in [9.17, 15) is 0 Å². The monoisotopic (exact) mass is 229 g/mol. The topological polar surface area (TPSA) is 4.93 Å². The van der Waals surface area contributed by atoms with Crippen molar-refractivity contribution >= 4 is 10.9 Å². The third kappa shape index (κ3) is 2.91. The van der Waals surface area contributed by atoms with Gasteiger partial charge in [-0.1, -0.05) is 44.9 Å². The Morgan fingerprint density at radius 3 is 2.53 bits per heavy atom. The molecular formula is C16H23N. The number of hydrogen-bond acceptors (Lipinski definition) is 0. The summed E-state index contributed by atoms with van der Waals surface area (Å²) in [4.78, 5) is 0. The largest absolute Gasteiger partial charge is 0.345 e. The molecule has 0 saturated heterocycles. The molecule has 0 amide bonds. The van der Waals surface area contributed by atoms with Gasteiger partial charge in [0.15, 0.2) is 0 Å². The Bertz CT molecular complexity index is 467. The van der Waals surface area contributed by atoms with E-state index >= 15 is 0 Å². The Balaban J connectivity index is 2.06. The number of hydrogen-bond donors (Lipinski definition) is 0. The lowest BCUT2D eigenvalue weighted by Crippen LogP contribution is -2.04. The summed E-state index contributed by atoms with van der Waals surface area (Å²) in [5, 5.41) is 1.35. The van der Waals surface area contributed by atoms with E-state index in [0.29, 0.717) is 6.04 Å². The Labute approximate surface area is 104 Å². The summed E-state index contributed by atoms with van der Waals surface area (Å²) < 4.78 is 2.41. The van der Waals surface area contributed by atoms with Crippen LogP contribution in [0.2, 0.25) is 0 Å². The van der Waals surface area contributed by atoms with Crippen LogP contribution in [0.25, 0.3) is 10.9 Å². The highest BCUT2D eigenvalue weighted by atomic mass is 15.0. The first-order chi connectivity index (χ1) is 8.18. The lowest BCUT2D eigenvalue weighted by atomic mass is 10.0. The molecule has 2 aromatic rings. The van der Waals surface area contributed by atoms with Crippen LogP contribution in [0.3, 0.4) is 0 Å². The van der Waals surface area contributed by atoms with Crippen molar-refractivity contribution in [1.82, 2.24) is 4.57 Å². The fourth-order valence-corrected chi connectivity index (χ4v) is 2.45. The molecule has 1 unspecified atom stereocenters. The molecule has 0 aliphatic carbocycles. The van der Waals surface area contributed by atoms with E-state index in [-0.39, 0.29) is 0 Å². The lowest BCUT2D eigenvalue weighted by Gasteiger charge is -2.16. The highest BCUT2D eigenvalue weighted by Crippen LogP contribution is 2.23. The number of aromatic nitrogens is 1. The molecule has 1 heteroatoms. The summed E-state index contributed by atoms with van der Waals surface area (Å²) in [6.07, 6.45) is 6.16. The predicted octanol–water partition coefficient (Wildman–Crippen LogP) is 5.03. The van der Waals surface area contributed by atoms with Gasteiger partial charge in [0.05, 0.1) is 0 Å². The molecule has 0 N–H and O–H groups in total. The van der Waals surface area contributed by atoms with Gasteiger partial charge < -0.3 is 4.57 Å². The van der Waals surface area contributed by atoms with E-state index in [1.807, 2.05) is 0 Å². The van der Waals surface area contributed by atoms with Gasteiger partial charge in [-0.05, 0) is 36.8 Å². The molecule has 0 spiro atoms. The SMILES string of the molecule is CC(C)CCCC(C)n1ccc2ccccc21. The molecule has 1 aromatic heterocycles. The standard InChI is InChI=1S/C16H23N/c1-13(2)7-6-8-14(3)17-12-11-15-9-4-5-10-16(15)17/h4-5,9-14H,6-8H2,1-3H3. The molecule has 0 aliphatic rings. The molecule has 0 aliphatic heterocycles. The first kappa shape index (κ1) is 12.2. The van der Waals surface area contributed by atoms with E-state index in [1.165, 1.54) is 30.2 Å². The van der Waals surface area contributed by atoms with Crippen LogP contribution in [0.5, 0.6) is 0 Å². The molecule has 2 rings (SSSR count). The van der Waals surface area contributed by atoms with Gasteiger partial charge in [-0.25, -0.2) is 0 Å². The van der Waals surface area contributed by atoms with Crippen LogP contribution in [0.4, 0.5) is 0 Å². The van der Waals surface area contributed by atoms with Gasteiger partial charge in [0.25, 0.3) is 0 Å². The first-order valence-electron chi connectivity index (χ1n) is 6.74. The summed E-state index contributed by atoms with van der Waals surface area (Å²) in [7, 11) is 0. The number of benzene rings is 1. The lowest BCUT2D eigenvalue weighted by molar-refractivity contribution is 0.455. The van der Waals surface area contributed by atoms with Crippen molar-refractivity contribution in [3.05, 3.63) is 36.5 Å². The van der Waals surface area contributed by atoms with Crippen molar-refractivity contribution in [3.8, 4) is 0 Å². The second-order valence-electron chi connectivity index (χ2n) is 5.46. The van der Waals surface area contributed by atoms with Gasteiger partial charge in [-0.3, -0.25) is 0 Å². The summed E-state index contributed by atoms with van der Waals surface area (Å²) in [5.41, 5.74) is 1.37. The third-order valence-corrected chi connectivity index (χ3v) is 3.51. The van der Waals surface area contributed by atoms with E-state index in [4.69, 9.17) is 0 Å². The average Bonchev–Trinajstić information content (AvgIpc) is 2.72. The molecule has 0 bridgehead atoms. The van der Waals surface area contributed by atoms with Crippen LogP contribution >= 0.6 is 0 Å². The van der Waals surface area contributed by atoms with Crippen LogP contribution in [-0.4, -0.2) is 4.57 Å². The molecule has 1 aromatic carbocycles. The first-order valence-corrected chi connectivity index (χ1v) is 6.74. The minimum absolute atomic E-state index is 0.605. The minimum Gasteiger partial charge on any atom is -0.345 e. The van der Waals surface area contributed by atoms with Gasteiger partial charge in [0.2, 0.25) is 0 Å². The number of fused-ring (bicyclic) bond motifs is 1. The van der Waals surface area contributed by atoms with Gasteiger partial charge in [0.1, 0.15) is 0 Å². The molecule has 1 atom stereocenters. The maximum Gasteiger partial charge on any atom is 0.0482 e. The van der Waals surface area contributed by atoms with E-state index < -0.39 is 0 Å². The highest BCUT2D eigenvalue weighted by Gasteiger charge is 2.07. The van der Waals surface area contributed by atoms with Crippen LogP contribution in [0, 0.1) is 5.92 Å². The Hall–Kier alpha value is -1.24. The number of nitrogens with zero attached hydrogens (tertiary/aromatic N) is 1. The van der Waals surface area contributed by atoms with Crippen molar-refractivity contribution in [3.63, 3.8) is 0 Å². The maximum absolute atomic E-state index is 2.41. The zero-order valence-corrected chi connectivity index (χ0v) is 11.2. The summed E-state index contributed by atoms with van der Waals surface area (Å²) in [6.45, 7) is 6.93. The van der Waals surface area contributed by atoms with Gasteiger partial charge in [0, 0.05) is 17.8 Å². The molecule has 17 heavy (non-hydrogen) atoms. The van der Waals surface area contributed by atoms with Gasteiger partial charge in [-0.2, -0.15) is 0 Å². The van der Waals surface area contributed by atoms with Crippen LogP contribution in [0.15, 0.2) is 36.5 Å². The van der Waals surface area contributed by atoms with Crippen molar-refractivity contribution in [2.45, 2.75) is 46.1 Å². The second-order valence-corrected chi connectivity index (χ2v) is 5.46. The minimum atomic E-state index is 0.605. The maximum atomic E-state index is 2.41. The number of para-hydroxylation sites is 1. The van der Waals surface area contributed by atoms with E-state index in [1.54, 1.807) is 0 Å². The molecule has 1 heterocycles. The Morgan fingerprint density at radius 2 is 1.76 bits per heavy atom. The van der Waals surface area contributed by atoms with Crippen LogP contribution < -0.4 is 0 Å². The molecule has 0 saturated carbocycles. The fourth-order valence-electron chi connectivity index (χ4n) is 2.45. The van der Waals surface area contributed by atoms with E-state index in [0.717, 1.165) is 5.92 Å². The van der Waals surface area contributed by atoms with Crippen molar-refractivity contribution in [1.29, 1.82) is 0 Å². The molecule has 0 radical (unpaired) electrons. The smallest absolute Gasteiger partial charge is 0.0482 e. The third-order valence-electron chi connectivity index (χ3n) is 3.51. The van der Waals surface area contributed by atoms with Crippen molar-refractivity contribution in [2.75, 3.05) is 0 Å². The van der Waals surface area contributed by atoms with E-state index in [2.05, 4.69) is 61.9 Å². The van der Waals surface area contributed by atoms with Crippen LogP contribution in [-0.2, 0) is 0 Å². The summed E-state index contributed by atoms with van der Waals surface area (Å²) in [5.74, 6) is 0.823. The molecule has 92 valence electrons. The summed E-state index contributed by atoms with van der Waals surface area (Å²) in [6, 6.07) is 11.5. The molecule has 0 fully saturated rings. The van der Waals surface area contributed by atoms with Gasteiger partial charge in [-0.15, -0.1) is 0 Å². The highest BCUT2D eigenvalue weighted by molar-refractivity contribution is 5.80. The van der Waals surface area contributed by atoms with Crippen LogP contribution in [0.1, 0.15) is 46.1 Å². The zero-order chi connectivity index (χ0) is 12.3. The number of rotatable bonds is 5. The zero-order valence-electron chi connectivity index (χ0n) is 11.2. The predicted molar refractivity (Wildman–Crippen MR) is 75.3 cm³/mol. The Morgan fingerprint density at radius 1 is 1.00 bits per heavy atom.